The van der Waals surface area contributed by atoms with Crippen molar-refractivity contribution in [2.24, 2.45) is 5.92 Å². The summed E-state index contributed by atoms with van der Waals surface area (Å²) < 4.78 is 0. The van der Waals surface area contributed by atoms with Crippen molar-refractivity contribution in [1.82, 2.24) is 4.90 Å². The summed E-state index contributed by atoms with van der Waals surface area (Å²) in [6.07, 6.45) is 0.614. The van der Waals surface area contributed by atoms with Crippen LogP contribution in [0.3, 0.4) is 0 Å². The highest BCUT2D eigenvalue weighted by Gasteiger charge is 2.36. The summed E-state index contributed by atoms with van der Waals surface area (Å²) in [5.74, 6) is -1.58. The van der Waals surface area contributed by atoms with Crippen molar-refractivity contribution in [2.45, 2.75) is 38.8 Å². The van der Waals surface area contributed by atoms with Gasteiger partial charge in [-0.1, -0.05) is 29.3 Å². The van der Waals surface area contributed by atoms with Gasteiger partial charge in [0.05, 0.1) is 12.0 Å². The van der Waals surface area contributed by atoms with Crippen LogP contribution in [-0.2, 0) is 11.2 Å². The third-order valence-corrected chi connectivity index (χ3v) is 4.16. The highest BCUT2D eigenvalue weighted by atomic mass is 16.4. The molecule has 0 radical (unpaired) electrons. The summed E-state index contributed by atoms with van der Waals surface area (Å²) in [5.41, 5.74) is 3.73. The molecule has 1 aliphatic rings. The first-order chi connectivity index (χ1) is 9.36. The van der Waals surface area contributed by atoms with Crippen LogP contribution in [0.2, 0.25) is 0 Å². The highest BCUT2D eigenvalue weighted by molar-refractivity contribution is 5.71. The number of hydrogen-bond acceptors (Lipinski definition) is 3. The smallest absolute Gasteiger partial charge is 0.310 e. The molecule has 0 aromatic heterocycles. The Kier molecular flexibility index (Phi) is 4.45. The normalized spacial score (nSPS) is 27.5. The van der Waals surface area contributed by atoms with Gasteiger partial charge in [-0.25, -0.2) is 0 Å². The maximum absolute atomic E-state index is 11.1. The molecule has 4 heteroatoms. The Morgan fingerprint density at radius 1 is 1.30 bits per heavy atom. The van der Waals surface area contributed by atoms with Gasteiger partial charge < -0.3 is 15.1 Å². The largest absolute Gasteiger partial charge is 0.481 e. The summed E-state index contributed by atoms with van der Waals surface area (Å²) in [6, 6.07) is 6.66. The van der Waals surface area contributed by atoms with Crippen LogP contribution >= 0.6 is 0 Å². The van der Waals surface area contributed by atoms with Crippen LogP contribution in [0.25, 0.3) is 0 Å². The quantitative estimate of drug-likeness (QED) is 0.881. The van der Waals surface area contributed by atoms with E-state index in [1.807, 2.05) is 7.05 Å². The molecule has 0 bridgehead atoms. The van der Waals surface area contributed by atoms with E-state index in [1.54, 1.807) is 0 Å². The average Bonchev–Trinajstić information content (AvgIpc) is 2.31. The van der Waals surface area contributed by atoms with E-state index >= 15 is 0 Å². The minimum Gasteiger partial charge on any atom is -0.481 e. The Balaban J connectivity index is 2.08. The van der Waals surface area contributed by atoms with E-state index in [1.165, 1.54) is 16.7 Å². The van der Waals surface area contributed by atoms with Gasteiger partial charge in [-0.15, -0.1) is 0 Å². The zero-order valence-electron chi connectivity index (χ0n) is 12.3. The molecule has 2 N–H and O–H groups in total. The average molecular weight is 277 g/mol. The van der Waals surface area contributed by atoms with Crippen molar-refractivity contribution in [3.8, 4) is 0 Å². The van der Waals surface area contributed by atoms with Crippen LogP contribution in [0.5, 0.6) is 0 Å². The molecule has 1 saturated heterocycles. The van der Waals surface area contributed by atoms with Crippen LogP contribution < -0.4 is 0 Å². The number of likely N-dealkylation sites (tertiary alicyclic amines) is 1. The third-order valence-electron chi connectivity index (χ3n) is 4.16. The standard InChI is InChI=1S/C16H23NO3/c1-10-4-11(2)6-12(5-10)7-13-8-15(18)14(16(19)20)9-17(13)3/h4-6,13-15,18H,7-9H2,1-3H3,(H,19,20). The molecule has 1 aromatic rings. The minimum atomic E-state index is -0.908. The second-order valence-corrected chi connectivity index (χ2v) is 6.04. The van der Waals surface area contributed by atoms with Crippen LogP contribution in [0.15, 0.2) is 18.2 Å². The van der Waals surface area contributed by atoms with Crippen molar-refractivity contribution in [2.75, 3.05) is 13.6 Å². The van der Waals surface area contributed by atoms with Gasteiger partial charge in [-0.3, -0.25) is 4.79 Å². The summed E-state index contributed by atoms with van der Waals surface area (Å²) in [4.78, 5) is 13.1. The fraction of sp³-hybridized carbons (Fsp3) is 0.562. The second-order valence-electron chi connectivity index (χ2n) is 6.04. The van der Waals surface area contributed by atoms with E-state index in [-0.39, 0.29) is 6.04 Å². The van der Waals surface area contributed by atoms with Gasteiger partial charge in [0, 0.05) is 12.6 Å². The van der Waals surface area contributed by atoms with Gasteiger partial charge in [-0.05, 0) is 39.3 Å². The Morgan fingerprint density at radius 2 is 1.90 bits per heavy atom. The van der Waals surface area contributed by atoms with Crippen LogP contribution in [0.1, 0.15) is 23.1 Å². The maximum Gasteiger partial charge on any atom is 0.310 e. The molecule has 4 nitrogen and oxygen atoms in total. The first-order valence-corrected chi connectivity index (χ1v) is 7.05. The molecule has 0 saturated carbocycles. The molecule has 0 spiro atoms. The van der Waals surface area contributed by atoms with Gasteiger partial charge in [0.1, 0.15) is 0 Å². The van der Waals surface area contributed by atoms with E-state index in [0.717, 1.165) is 6.42 Å². The molecular formula is C16H23NO3. The topological polar surface area (TPSA) is 60.8 Å². The predicted octanol–water partition coefficient (Wildman–Crippen LogP) is 1.61. The second kappa shape index (κ2) is 5.94. The van der Waals surface area contributed by atoms with Gasteiger partial charge in [-0.2, -0.15) is 0 Å². The summed E-state index contributed by atoms with van der Waals surface area (Å²) >= 11 is 0. The van der Waals surface area contributed by atoms with E-state index in [9.17, 15) is 9.90 Å². The number of aliphatic hydroxyl groups is 1. The van der Waals surface area contributed by atoms with Crippen molar-refractivity contribution in [1.29, 1.82) is 0 Å². The molecule has 110 valence electrons. The fourth-order valence-corrected chi connectivity index (χ4v) is 3.14. The number of benzene rings is 1. The summed E-state index contributed by atoms with van der Waals surface area (Å²) in [7, 11) is 1.94. The molecule has 1 heterocycles. The van der Waals surface area contributed by atoms with Gasteiger partial charge >= 0.3 is 5.97 Å². The summed E-state index contributed by atoms with van der Waals surface area (Å²) in [5, 5.41) is 19.1. The van der Waals surface area contributed by atoms with E-state index in [4.69, 9.17) is 5.11 Å². The molecule has 1 aromatic carbocycles. The molecule has 2 rings (SSSR count). The number of aliphatic carboxylic acids is 1. The SMILES string of the molecule is Cc1cc(C)cc(CC2CC(O)C(C(=O)O)CN2C)c1. The Morgan fingerprint density at radius 3 is 2.45 bits per heavy atom. The lowest BCUT2D eigenvalue weighted by atomic mass is 9.87. The lowest BCUT2D eigenvalue weighted by Crippen LogP contribution is -2.50. The van der Waals surface area contributed by atoms with Crippen LogP contribution in [0, 0.1) is 19.8 Å². The van der Waals surface area contributed by atoms with Crippen molar-refractivity contribution in [3.63, 3.8) is 0 Å². The van der Waals surface area contributed by atoms with Gasteiger partial charge in [0.15, 0.2) is 0 Å². The van der Waals surface area contributed by atoms with Crippen molar-refractivity contribution >= 4 is 5.97 Å². The number of aliphatic hydroxyl groups excluding tert-OH is 1. The number of aryl methyl sites for hydroxylation is 2. The zero-order chi connectivity index (χ0) is 14.9. The molecule has 0 amide bonds. The first-order valence-electron chi connectivity index (χ1n) is 7.05. The Bertz CT molecular complexity index is 480. The maximum atomic E-state index is 11.1. The number of piperidine rings is 1. The number of nitrogens with zero attached hydrogens (tertiary/aromatic N) is 1. The fourth-order valence-electron chi connectivity index (χ4n) is 3.14. The molecule has 0 aliphatic carbocycles. The first kappa shape index (κ1) is 15.0. The molecule has 20 heavy (non-hydrogen) atoms. The summed E-state index contributed by atoms with van der Waals surface area (Å²) in [6.45, 7) is 4.57. The monoisotopic (exact) mass is 277 g/mol. The lowest BCUT2D eigenvalue weighted by Gasteiger charge is -2.38. The van der Waals surface area contributed by atoms with Crippen LogP contribution in [-0.4, -0.2) is 46.8 Å². The molecular weight excluding hydrogens is 254 g/mol. The molecule has 3 atom stereocenters. The predicted molar refractivity (Wildman–Crippen MR) is 77.8 cm³/mol. The number of carbonyl (C=O) groups is 1. The third kappa shape index (κ3) is 3.38. The molecule has 3 unspecified atom stereocenters. The zero-order valence-corrected chi connectivity index (χ0v) is 12.3. The van der Waals surface area contributed by atoms with Crippen LogP contribution in [0.4, 0.5) is 0 Å². The molecule has 1 aliphatic heterocycles. The minimum absolute atomic E-state index is 0.196. The highest BCUT2D eigenvalue weighted by Crippen LogP contribution is 2.24. The number of rotatable bonds is 3. The van der Waals surface area contributed by atoms with Crippen molar-refractivity contribution < 1.29 is 15.0 Å². The molecule has 1 fully saturated rings. The number of carboxylic acids is 1. The number of hydrogen-bond donors (Lipinski definition) is 2. The number of carboxylic acid groups (broad SMARTS) is 1. The van der Waals surface area contributed by atoms with Gasteiger partial charge in [0.2, 0.25) is 0 Å². The van der Waals surface area contributed by atoms with E-state index < -0.39 is 18.0 Å². The van der Waals surface area contributed by atoms with Crippen molar-refractivity contribution in [3.05, 3.63) is 34.9 Å². The number of likely N-dealkylation sites (N-methyl/N-ethyl adjacent to an activating group) is 1. The Hall–Kier alpha value is -1.39. The van der Waals surface area contributed by atoms with E-state index in [2.05, 4.69) is 36.9 Å². The Labute approximate surface area is 120 Å². The van der Waals surface area contributed by atoms with E-state index in [0.29, 0.717) is 13.0 Å². The lowest BCUT2D eigenvalue weighted by molar-refractivity contribution is -0.149. The van der Waals surface area contributed by atoms with Gasteiger partial charge in [0.25, 0.3) is 0 Å².